The van der Waals surface area contributed by atoms with Crippen LogP contribution in [0, 0.1) is 0 Å². The number of benzene rings is 1. The average Bonchev–Trinajstić information content (AvgIpc) is 3.22. The van der Waals surface area contributed by atoms with E-state index in [1.165, 1.54) is 42.4 Å². The summed E-state index contributed by atoms with van der Waals surface area (Å²) in [4.78, 5) is 7.64. The van der Waals surface area contributed by atoms with Crippen LogP contribution < -0.4 is 10.2 Å². The lowest BCUT2D eigenvalue weighted by atomic mass is 9.63. The van der Waals surface area contributed by atoms with Gasteiger partial charge in [0.1, 0.15) is 11.9 Å². The predicted molar refractivity (Wildman–Crippen MR) is 155 cm³/mol. The fourth-order valence-electron chi connectivity index (χ4n) is 7.39. The molecule has 0 amide bonds. The molecule has 5 heteroatoms. The lowest BCUT2D eigenvalue weighted by molar-refractivity contribution is -0.147. The summed E-state index contributed by atoms with van der Waals surface area (Å²) in [5, 5.41) is 3.97. The van der Waals surface area contributed by atoms with Gasteiger partial charge in [0.05, 0.1) is 11.8 Å². The van der Waals surface area contributed by atoms with Crippen LogP contribution in [0.3, 0.4) is 0 Å². The molecule has 1 aromatic carbocycles. The molecule has 2 aromatic rings. The molecule has 0 spiro atoms. The summed E-state index contributed by atoms with van der Waals surface area (Å²) in [6, 6.07) is 14.5. The molecule has 3 unspecified atom stereocenters. The molecule has 0 bridgehead atoms. The van der Waals surface area contributed by atoms with Gasteiger partial charge in [-0.25, -0.2) is 4.98 Å². The molecule has 38 heavy (non-hydrogen) atoms. The highest BCUT2D eigenvalue weighted by molar-refractivity contribution is 5.65. The second-order valence-electron chi connectivity index (χ2n) is 14.0. The van der Waals surface area contributed by atoms with E-state index in [4.69, 9.17) is 14.5 Å². The Bertz CT molecular complexity index is 1160. The normalized spacial score (nSPS) is 30.1. The molecule has 206 valence electrons. The number of pyridine rings is 1. The molecule has 2 aliphatic carbocycles. The molecule has 0 radical (unpaired) electrons. The van der Waals surface area contributed by atoms with E-state index < -0.39 is 5.79 Å². The molecule has 3 atom stereocenters. The van der Waals surface area contributed by atoms with E-state index in [0.29, 0.717) is 12.1 Å². The van der Waals surface area contributed by atoms with Crippen molar-refractivity contribution in [1.29, 1.82) is 0 Å². The summed E-state index contributed by atoms with van der Waals surface area (Å²) in [5.74, 6) is 0.647. The quantitative estimate of drug-likeness (QED) is 0.487. The number of hydrogen-bond donors (Lipinski definition) is 1. The summed E-state index contributed by atoms with van der Waals surface area (Å²) in [5.41, 5.74) is 5.77. The largest absolute Gasteiger partial charge is 0.356 e. The summed E-state index contributed by atoms with van der Waals surface area (Å²) < 4.78 is 12.5. The van der Waals surface area contributed by atoms with Gasteiger partial charge in [-0.3, -0.25) is 0 Å². The first kappa shape index (κ1) is 26.3. The van der Waals surface area contributed by atoms with Crippen molar-refractivity contribution in [2.24, 2.45) is 0 Å². The third-order valence-corrected chi connectivity index (χ3v) is 9.77. The highest BCUT2D eigenvalue weighted by Crippen LogP contribution is 2.46. The summed E-state index contributed by atoms with van der Waals surface area (Å²) in [7, 11) is 0. The smallest absolute Gasteiger partial charge is 0.163 e. The topological polar surface area (TPSA) is 46.6 Å². The van der Waals surface area contributed by atoms with Gasteiger partial charge in [0.15, 0.2) is 5.79 Å². The monoisotopic (exact) mass is 517 g/mol. The Morgan fingerprint density at radius 1 is 0.842 bits per heavy atom. The number of piperidine rings is 1. The van der Waals surface area contributed by atoms with Gasteiger partial charge in [0.25, 0.3) is 0 Å². The Hall–Kier alpha value is -1.95. The number of nitrogens with zero attached hydrogens (tertiary/aromatic N) is 2. The molecule has 5 nitrogen and oxygen atoms in total. The molecule has 2 aliphatic heterocycles. The maximum absolute atomic E-state index is 6.31. The minimum absolute atomic E-state index is 0.183. The van der Waals surface area contributed by atoms with E-state index in [1.807, 2.05) is 13.8 Å². The molecule has 1 saturated carbocycles. The molecular weight excluding hydrogens is 470 g/mol. The SMILES string of the molecule is CC1(C)OC2CCCC(NC3CCN(c4cccc(-c5ccc6c(c5)C(C)(C)CCC6(C)C)n4)CC3)C2O1. The third-order valence-electron chi connectivity index (χ3n) is 9.77. The Labute approximate surface area is 229 Å². The first-order valence-electron chi connectivity index (χ1n) is 15.0. The number of nitrogens with one attached hydrogen (secondary N) is 1. The van der Waals surface area contributed by atoms with Crippen molar-refractivity contribution in [2.45, 2.75) is 127 Å². The molecule has 2 saturated heterocycles. The summed E-state index contributed by atoms with van der Waals surface area (Å²) >= 11 is 0. The van der Waals surface area contributed by atoms with Crippen molar-refractivity contribution in [3.8, 4) is 11.3 Å². The van der Waals surface area contributed by atoms with Crippen molar-refractivity contribution < 1.29 is 9.47 Å². The van der Waals surface area contributed by atoms with Crippen LogP contribution in [0.5, 0.6) is 0 Å². The Morgan fingerprint density at radius 3 is 2.34 bits per heavy atom. The standard InChI is InChI=1S/C33H47N3O2/c1-31(2)17-18-32(3,4)25-21-22(13-14-24(25)31)26-9-8-12-29(35-26)36-19-15-23(16-20-36)34-27-10-7-11-28-30(27)38-33(5,6)37-28/h8-9,12-14,21,23,27-28,30,34H,7,10-11,15-20H2,1-6H3. The van der Waals surface area contributed by atoms with Gasteiger partial charge < -0.3 is 19.7 Å². The van der Waals surface area contributed by atoms with E-state index in [-0.39, 0.29) is 23.0 Å². The van der Waals surface area contributed by atoms with Crippen molar-refractivity contribution in [1.82, 2.24) is 10.3 Å². The molecule has 3 fully saturated rings. The third kappa shape index (κ3) is 5.02. The van der Waals surface area contributed by atoms with E-state index in [1.54, 1.807) is 0 Å². The number of aromatic nitrogens is 1. The van der Waals surface area contributed by atoms with Crippen LogP contribution in [0.2, 0.25) is 0 Å². The number of rotatable bonds is 4. The fourth-order valence-corrected chi connectivity index (χ4v) is 7.39. The van der Waals surface area contributed by atoms with Crippen molar-refractivity contribution in [2.75, 3.05) is 18.0 Å². The molecule has 6 rings (SSSR count). The van der Waals surface area contributed by atoms with E-state index >= 15 is 0 Å². The Kier molecular flexibility index (Phi) is 6.64. The van der Waals surface area contributed by atoms with Crippen LogP contribution in [0.25, 0.3) is 11.3 Å². The number of anilines is 1. The lowest BCUT2D eigenvalue weighted by Gasteiger charge is -2.42. The van der Waals surface area contributed by atoms with Gasteiger partial charge in [0.2, 0.25) is 0 Å². The zero-order valence-corrected chi connectivity index (χ0v) is 24.3. The fraction of sp³-hybridized carbons (Fsp3) is 0.667. The van der Waals surface area contributed by atoms with Crippen LogP contribution >= 0.6 is 0 Å². The van der Waals surface area contributed by atoms with Crippen molar-refractivity contribution in [3.05, 3.63) is 47.5 Å². The van der Waals surface area contributed by atoms with Gasteiger partial charge in [0, 0.05) is 30.7 Å². The van der Waals surface area contributed by atoms with E-state index in [9.17, 15) is 0 Å². The van der Waals surface area contributed by atoms with Crippen LogP contribution in [0.4, 0.5) is 5.82 Å². The van der Waals surface area contributed by atoms with E-state index in [2.05, 4.69) is 74.3 Å². The van der Waals surface area contributed by atoms with E-state index in [0.717, 1.165) is 43.9 Å². The minimum atomic E-state index is -0.455. The van der Waals surface area contributed by atoms with Crippen molar-refractivity contribution >= 4 is 5.82 Å². The highest BCUT2D eigenvalue weighted by Gasteiger charge is 2.47. The Balaban J connectivity index is 1.13. The van der Waals surface area contributed by atoms with Crippen LogP contribution in [-0.4, -0.2) is 48.2 Å². The van der Waals surface area contributed by atoms with Gasteiger partial charge in [-0.05, 0) is 98.9 Å². The number of ether oxygens (including phenoxy) is 2. The van der Waals surface area contributed by atoms with Gasteiger partial charge >= 0.3 is 0 Å². The van der Waals surface area contributed by atoms with Crippen LogP contribution in [0.15, 0.2) is 36.4 Å². The highest BCUT2D eigenvalue weighted by atomic mass is 16.8. The van der Waals surface area contributed by atoms with Crippen LogP contribution in [-0.2, 0) is 20.3 Å². The first-order valence-corrected chi connectivity index (χ1v) is 15.0. The summed E-state index contributed by atoms with van der Waals surface area (Å²) in [6.45, 7) is 15.7. The number of hydrogen-bond acceptors (Lipinski definition) is 5. The molecule has 1 aromatic heterocycles. The maximum Gasteiger partial charge on any atom is 0.163 e. The molecular formula is C33H47N3O2. The molecule has 1 N–H and O–H groups in total. The minimum Gasteiger partial charge on any atom is -0.356 e. The molecule has 3 heterocycles. The lowest BCUT2D eigenvalue weighted by Crippen LogP contribution is -2.54. The van der Waals surface area contributed by atoms with Crippen LogP contribution in [0.1, 0.15) is 97.6 Å². The van der Waals surface area contributed by atoms with Gasteiger partial charge in [-0.2, -0.15) is 0 Å². The Morgan fingerprint density at radius 2 is 1.58 bits per heavy atom. The zero-order valence-electron chi connectivity index (χ0n) is 24.3. The average molecular weight is 518 g/mol. The maximum atomic E-state index is 6.31. The second kappa shape index (κ2) is 9.60. The van der Waals surface area contributed by atoms with Crippen molar-refractivity contribution in [3.63, 3.8) is 0 Å². The second-order valence-corrected chi connectivity index (χ2v) is 14.0. The zero-order chi connectivity index (χ0) is 26.7. The summed E-state index contributed by atoms with van der Waals surface area (Å²) in [6.07, 6.45) is 8.66. The molecule has 4 aliphatic rings. The van der Waals surface area contributed by atoms with Gasteiger partial charge in [-0.15, -0.1) is 0 Å². The number of fused-ring (bicyclic) bond motifs is 2. The first-order chi connectivity index (χ1) is 18.0. The van der Waals surface area contributed by atoms with Gasteiger partial charge in [-0.1, -0.05) is 45.9 Å². The predicted octanol–water partition coefficient (Wildman–Crippen LogP) is 6.73.